The Morgan fingerprint density at radius 2 is 2.00 bits per heavy atom. The number of halogens is 1. The summed E-state index contributed by atoms with van der Waals surface area (Å²) in [7, 11) is 0. The molecule has 1 aliphatic heterocycles. The zero-order valence-electron chi connectivity index (χ0n) is 15.5. The van der Waals surface area contributed by atoms with Gasteiger partial charge in [0.05, 0.1) is 16.7 Å². The van der Waals surface area contributed by atoms with Crippen molar-refractivity contribution < 1.29 is 9.53 Å². The Labute approximate surface area is 168 Å². The number of thioether (sulfide) groups is 1. The number of aliphatic imine (C=N–C) groups is 1. The fourth-order valence-corrected chi connectivity index (χ4v) is 3.42. The van der Waals surface area contributed by atoms with Crippen LogP contribution in [0.4, 0.5) is 5.69 Å². The van der Waals surface area contributed by atoms with Gasteiger partial charge in [0, 0.05) is 5.02 Å². The minimum atomic E-state index is -0.154. The Kier molecular flexibility index (Phi) is 6.24. The number of carbonyl (C=O) groups excluding carboxylic acids is 1. The summed E-state index contributed by atoms with van der Waals surface area (Å²) in [6.45, 7) is 6.03. The SMILES string of the molecule is CC[C@H](C)Oc1ccc(/C=C2/SC(=Nc3cccc(Cl)c3C)NC2=O)cc1. The minimum Gasteiger partial charge on any atom is -0.491 e. The predicted octanol–water partition coefficient (Wildman–Crippen LogP) is 5.72. The molecule has 0 aromatic heterocycles. The van der Waals surface area contributed by atoms with Crippen LogP contribution in [-0.2, 0) is 4.79 Å². The first kappa shape index (κ1) is 19.5. The first-order chi connectivity index (χ1) is 13.0. The van der Waals surface area contributed by atoms with Gasteiger partial charge < -0.3 is 10.1 Å². The molecule has 1 amide bonds. The monoisotopic (exact) mass is 400 g/mol. The molecule has 1 aliphatic rings. The summed E-state index contributed by atoms with van der Waals surface area (Å²) in [5.41, 5.74) is 2.57. The summed E-state index contributed by atoms with van der Waals surface area (Å²) in [5.74, 6) is 0.673. The Bertz CT molecular complexity index is 907. The minimum absolute atomic E-state index is 0.154. The van der Waals surface area contributed by atoms with Crippen LogP contribution >= 0.6 is 23.4 Å². The summed E-state index contributed by atoms with van der Waals surface area (Å²) in [5, 5.41) is 4.01. The summed E-state index contributed by atoms with van der Waals surface area (Å²) < 4.78 is 5.78. The highest BCUT2D eigenvalue weighted by molar-refractivity contribution is 8.18. The second-order valence-corrected chi connectivity index (χ2v) is 7.71. The van der Waals surface area contributed by atoms with Crippen LogP contribution in [0, 0.1) is 6.92 Å². The summed E-state index contributed by atoms with van der Waals surface area (Å²) >= 11 is 7.45. The molecule has 27 heavy (non-hydrogen) atoms. The van der Waals surface area contributed by atoms with Gasteiger partial charge in [0.15, 0.2) is 5.17 Å². The third kappa shape index (κ3) is 4.93. The number of ether oxygens (including phenoxy) is 1. The van der Waals surface area contributed by atoms with E-state index in [0.29, 0.717) is 15.1 Å². The second kappa shape index (κ2) is 8.63. The highest BCUT2D eigenvalue weighted by Gasteiger charge is 2.24. The van der Waals surface area contributed by atoms with Gasteiger partial charge in [-0.2, -0.15) is 0 Å². The number of amidine groups is 1. The normalized spacial score (nSPS) is 18.0. The van der Waals surface area contributed by atoms with Crippen LogP contribution in [0.2, 0.25) is 5.02 Å². The third-order valence-electron chi connectivity index (χ3n) is 4.20. The van der Waals surface area contributed by atoms with E-state index in [9.17, 15) is 4.79 Å². The molecule has 1 fully saturated rings. The lowest BCUT2D eigenvalue weighted by molar-refractivity contribution is -0.115. The van der Waals surface area contributed by atoms with Crippen molar-refractivity contribution in [2.45, 2.75) is 33.3 Å². The highest BCUT2D eigenvalue weighted by Crippen LogP contribution is 2.31. The van der Waals surface area contributed by atoms with Crippen molar-refractivity contribution in [2.75, 3.05) is 0 Å². The van der Waals surface area contributed by atoms with Gasteiger partial charge in [-0.05, 0) is 73.5 Å². The summed E-state index contributed by atoms with van der Waals surface area (Å²) in [6.07, 6.45) is 2.98. The largest absolute Gasteiger partial charge is 0.491 e. The van der Waals surface area contributed by atoms with Crippen molar-refractivity contribution >= 4 is 46.2 Å². The number of carbonyl (C=O) groups is 1. The zero-order valence-corrected chi connectivity index (χ0v) is 17.0. The van der Waals surface area contributed by atoms with Gasteiger partial charge in [0.1, 0.15) is 5.75 Å². The lowest BCUT2D eigenvalue weighted by Gasteiger charge is -2.12. The Morgan fingerprint density at radius 3 is 2.70 bits per heavy atom. The van der Waals surface area contributed by atoms with E-state index < -0.39 is 0 Å². The third-order valence-corrected chi connectivity index (χ3v) is 5.52. The molecule has 3 rings (SSSR count). The smallest absolute Gasteiger partial charge is 0.264 e. The molecule has 6 heteroatoms. The van der Waals surface area contributed by atoms with Crippen molar-refractivity contribution in [3.05, 3.63) is 63.5 Å². The van der Waals surface area contributed by atoms with Crippen LogP contribution in [0.15, 0.2) is 52.4 Å². The molecule has 1 atom stereocenters. The Hall–Kier alpha value is -2.24. The second-order valence-electron chi connectivity index (χ2n) is 6.27. The fourth-order valence-electron chi connectivity index (χ4n) is 2.42. The maximum Gasteiger partial charge on any atom is 0.264 e. The molecule has 2 aromatic carbocycles. The first-order valence-corrected chi connectivity index (χ1v) is 9.97. The molecule has 0 bridgehead atoms. The maximum atomic E-state index is 12.3. The molecule has 1 heterocycles. The van der Waals surface area contributed by atoms with Gasteiger partial charge in [0.2, 0.25) is 0 Å². The molecule has 0 spiro atoms. The van der Waals surface area contributed by atoms with Crippen LogP contribution < -0.4 is 10.1 Å². The number of benzene rings is 2. The Morgan fingerprint density at radius 1 is 1.26 bits per heavy atom. The van der Waals surface area contributed by atoms with Crippen LogP contribution in [0.25, 0.3) is 6.08 Å². The van der Waals surface area contributed by atoms with E-state index in [-0.39, 0.29) is 12.0 Å². The molecule has 0 aliphatic carbocycles. The van der Waals surface area contributed by atoms with Crippen molar-refractivity contribution in [1.29, 1.82) is 0 Å². The molecular weight excluding hydrogens is 380 g/mol. The molecule has 2 aromatic rings. The zero-order chi connectivity index (χ0) is 19.4. The lowest BCUT2D eigenvalue weighted by Crippen LogP contribution is -2.19. The summed E-state index contributed by atoms with van der Waals surface area (Å²) in [6, 6.07) is 13.2. The van der Waals surface area contributed by atoms with Gasteiger partial charge in [-0.3, -0.25) is 4.79 Å². The van der Waals surface area contributed by atoms with E-state index in [1.54, 1.807) is 0 Å². The molecule has 1 saturated heterocycles. The molecule has 0 saturated carbocycles. The number of rotatable bonds is 5. The molecule has 140 valence electrons. The number of nitrogens with zero attached hydrogens (tertiary/aromatic N) is 1. The topological polar surface area (TPSA) is 50.7 Å². The number of amides is 1. The average molecular weight is 401 g/mol. The van der Waals surface area contributed by atoms with E-state index in [4.69, 9.17) is 16.3 Å². The van der Waals surface area contributed by atoms with E-state index in [1.807, 2.05) is 62.4 Å². The number of nitrogens with one attached hydrogen (secondary N) is 1. The van der Waals surface area contributed by atoms with E-state index in [1.165, 1.54) is 11.8 Å². The van der Waals surface area contributed by atoms with Gasteiger partial charge in [-0.15, -0.1) is 0 Å². The predicted molar refractivity (Wildman–Crippen MR) is 114 cm³/mol. The van der Waals surface area contributed by atoms with Crippen molar-refractivity contribution in [2.24, 2.45) is 4.99 Å². The van der Waals surface area contributed by atoms with Crippen molar-refractivity contribution in [3.8, 4) is 5.75 Å². The van der Waals surface area contributed by atoms with Crippen LogP contribution in [0.1, 0.15) is 31.4 Å². The van der Waals surface area contributed by atoms with Crippen molar-refractivity contribution in [1.82, 2.24) is 5.32 Å². The van der Waals surface area contributed by atoms with Gasteiger partial charge in [-0.1, -0.05) is 36.7 Å². The van der Waals surface area contributed by atoms with E-state index in [2.05, 4.69) is 17.2 Å². The van der Waals surface area contributed by atoms with E-state index in [0.717, 1.165) is 29.0 Å². The number of hydrogen-bond acceptors (Lipinski definition) is 4. The lowest BCUT2D eigenvalue weighted by atomic mass is 10.2. The Balaban J connectivity index is 1.75. The highest BCUT2D eigenvalue weighted by atomic mass is 35.5. The van der Waals surface area contributed by atoms with Gasteiger partial charge >= 0.3 is 0 Å². The van der Waals surface area contributed by atoms with Gasteiger partial charge in [-0.25, -0.2) is 4.99 Å². The summed E-state index contributed by atoms with van der Waals surface area (Å²) in [4.78, 5) is 17.4. The maximum absolute atomic E-state index is 12.3. The molecule has 1 N–H and O–H groups in total. The van der Waals surface area contributed by atoms with Crippen LogP contribution in [-0.4, -0.2) is 17.2 Å². The number of hydrogen-bond donors (Lipinski definition) is 1. The molecular formula is C21H21ClN2O2S. The molecule has 0 radical (unpaired) electrons. The molecule has 4 nitrogen and oxygen atoms in total. The van der Waals surface area contributed by atoms with Crippen LogP contribution in [0.5, 0.6) is 5.75 Å². The van der Waals surface area contributed by atoms with Crippen molar-refractivity contribution in [3.63, 3.8) is 0 Å². The van der Waals surface area contributed by atoms with E-state index >= 15 is 0 Å². The standard InChI is InChI=1S/C21H21ClN2O2S/c1-4-13(2)26-16-10-8-15(9-11-16)12-19-20(25)24-21(27-19)23-18-7-5-6-17(22)14(18)3/h5-13H,4H2,1-3H3,(H,23,24,25)/b19-12+/t13-/m0/s1. The molecule has 0 unspecified atom stereocenters. The van der Waals surface area contributed by atoms with Crippen LogP contribution in [0.3, 0.4) is 0 Å². The average Bonchev–Trinajstić information content (AvgIpc) is 2.99. The first-order valence-electron chi connectivity index (χ1n) is 8.77. The van der Waals surface area contributed by atoms with Gasteiger partial charge in [0.25, 0.3) is 5.91 Å². The fraction of sp³-hybridized carbons (Fsp3) is 0.238. The quantitative estimate of drug-likeness (QED) is 0.653.